The second-order valence-electron chi connectivity index (χ2n) is 2.25. The normalized spacial score (nSPS) is 13.0. The van der Waals surface area contributed by atoms with Gasteiger partial charge >= 0.3 is 0 Å². The van der Waals surface area contributed by atoms with Crippen LogP contribution in [0, 0.1) is 6.92 Å². The molecule has 0 aliphatic carbocycles. The minimum Gasteiger partial charge on any atom is -0.321 e. The molecule has 1 nitrogen and oxygen atoms in total. The first-order valence-electron chi connectivity index (χ1n) is 3.17. The predicted octanol–water partition coefficient (Wildman–Crippen LogP) is 2.24. The molecule has 1 atom stereocenters. The van der Waals surface area contributed by atoms with E-state index < -0.39 is 0 Å². The largest absolute Gasteiger partial charge is 0.321 e. The second kappa shape index (κ2) is 2.99. The van der Waals surface area contributed by atoms with Crippen LogP contribution in [0.5, 0.6) is 0 Å². The molecule has 1 unspecified atom stereocenters. The van der Waals surface area contributed by atoms with Gasteiger partial charge in [-0.15, -0.1) is 17.9 Å². The third kappa shape index (κ3) is 1.46. The topological polar surface area (TPSA) is 26.0 Å². The summed E-state index contributed by atoms with van der Waals surface area (Å²) in [5.74, 6) is 0. The number of hydrogen-bond donors (Lipinski definition) is 1. The summed E-state index contributed by atoms with van der Waals surface area (Å²) in [6.07, 6.45) is 1.75. The Morgan fingerprint density at radius 3 is 2.90 bits per heavy atom. The van der Waals surface area contributed by atoms with Gasteiger partial charge in [-0.25, -0.2) is 0 Å². The van der Waals surface area contributed by atoms with Crippen molar-refractivity contribution in [2.75, 3.05) is 0 Å². The van der Waals surface area contributed by atoms with E-state index in [0.717, 1.165) is 5.56 Å². The second-order valence-corrected chi connectivity index (χ2v) is 3.37. The van der Waals surface area contributed by atoms with E-state index in [-0.39, 0.29) is 6.04 Å². The standard InChI is InChI=1S/C8H11NS/c1-3-8(9)7-4-6(2)10-5-7/h3-5,8H,1,9H2,2H3. The van der Waals surface area contributed by atoms with Gasteiger partial charge in [-0.2, -0.15) is 0 Å². The van der Waals surface area contributed by atoms with Crippen molar-refractivity contribution >= 4 is 11.3 Å². The molecule has 0 spiro atoms. The third-order valence-corrected chi connectivity index (χ3v) is 2.27. The van der Waals surface area contributed by atoms with Gasteiger partial charge in [0.2, 0.25) is 0 Å². The zero-order valence-electron chi connectivity index (χ0n) is 6.00. The summed E-state index contributed by atoms with van der Waals surface area (Å²) in [6.45, 7) is 5.70. The minimum absolute atomic E-state index is 0.00458. The monoisotopic (exact) mass is 153 g/mol. The summed E-state index contributed by atoms with van der Waals surface area (Å²) in [6, 6.07) is 2.10. The molecule has 0 fully saturated rings. The lowest BCUT2D eigenvalue weighted by atomic mass is 10.1. The van der Waals surface area contributed by atoms with E-state index >= 15 is 0 Å². The van der Waals surface area contributed by atoms with E-state index in [4.69, 9.17) is 5.73 Å². The van der Waals surface area contributed by atoms with Crippen LogP contribution in [-0.2, 0) is 0 Å². The molecule has 0 radical (unpaired) electrons. The Morgan fingerprint density at radius 1 is 1.80 bits per heavy atom. The average Bonchev–Trinajstić information content (AvgIpc) is 2.34. The van der Waals surface area contributed by atoms with Gasteiger partial charge in [0.1, 0.15) is 0 Å². The highest BCUT2D eigenvalue weighted by Gasteiger charge is 2.01. The molecule has 0 bridgehead atoms. The van der Waals surface area contributed by atoms with Crippen molar-refractivity contribution in [2.45, 2.75) is 13.0 Å². The summed E-state index contributed by atoms with van der Waals surface area (Å²) in [7, 11) is 0. The summed E-state index contributed by atoms with van der Waals surface area (Å²) in [5, 5.41) is 2.07. The summed E-state index contributed by atoms with van der Waals surface area (Å²) in [4.78, 5) is 1.30. The Labute approximate surface area is 65.2 Å². The summed E-state index contributed by atoms with van der Waals surface area (Å²) in [5.41, 5.74) is 6.86. The maximum atomic E-state index is 5.70. The first kappa shape index (κ1) is 7.51. The lowest BCUT2D eigenvalue weighted by Gasteiger charge is -1.99. The average molecular weight is 153 g/mol. The highest BCUT2D eigenvalue weighted by Crippen LogP contribution is 2.18. The third-order valence-electron chi connectivity index (χ3n) is 1.39. The molecule has 1 aromatic rings. The number of aryl methyl sites for hydroxylation is 1. The highest BCUT2D eigenvalue weighted by molar-refractivity contribution is 7.10. The van der Waals surface area contributed by atoms with Gasteiger partial charge in [0.25, 0.3) is 0 Å². The fourth-order valence-corrected chi connectivity index (χ4v) is 1.53. The van der Waals surface area contributed by atoms with E-state index in [1.54, 1.807) is 17.4 Å². The smallest absolute Gasteiger partial charge is 0.0486 e. The molecule has 0 aliphatic heterocycles. The van der Waals surface area contributed by atoms with Crippen LogP contribution in [-0.4, -0.2) is 0 Å². The molecule has 0 aliphatic rings. The van der Waals surface area contributed by atoms with Crippen LogP contribution in [0.15, 0.2) is 24.1 Å². The molecular formula is C8H11NS. The summed E-state index contributed by atoms with van der Waals surface area (Å²) >= 11 is 1.72. The van der Waals surface area contributed by atoms with Gasteiger partial charge < -0.3 is 5.73 Å². The van der Waals surface area contributed by atoms with Gasteiger partial charge in [-0.3, -0.25) is 0 Å². The molecule has 1 heterocycles. The van der Waals surface area contributed by atoms with Crippen molar-refractivity contribution < 1.29 is 0 Å². The lowest BCUT2D eigenvalue weighted by molar-refractivity contribution is 0.920. The first-order chi connectivity index (χ1) is 4.74. The number of thiophene rings is 1. The lowest BCUT2D eigenvalue weighted by Crippen LogP contribution is -2.04. The molecule has 0 amide bonds. The van der Waals surface area contributed by atoms with Crippen LogP contribution in [0.3, 0.4) is 0 Å². The van der Waals surface area contributed by atoms with E-state index in [0.29, 0.717) is 0 Å². The Hall–Kier alpha value is -0.600. The maximum absolute atomic E-state index is 5.70. The molecule has 2 heteroatoms. The van der Waals surface area contributed by atoms with Crippen molar-refractivity contribution in [1.29, 1.82) is 0 Å². The SMILES string of the molecule is C=CC(N)c1csc(C)c1. The van der Waals surface area contributed by atoms with Gasteiger partial charge in [0, 0.05) is 10.9 Å². The van der Waals surface area contributed by atoms with Crippen molar-refractivity contribution in [3.05, 3.63) is 34.5 Å². The Balaban J connectivity index is 2.84. The zero-order valence-corrected chi connectivity index (χ0v) is 6.82. The van der Waals surface area contributed by atoms with E-state index in [1.165, 1.54) is 4.88 Å². The first-order valence-corrected chi connectivity index (χ1v) is 4.05. The van der Waals surface area contributed by atoms with Crippen LogP contribution in [0.2, 0.25) is 0 Å². The van der Waals surface area contributed by atoms with E-state index in [9.17, 15) is 0 Å². The van der Waals surface area contributed by atoms with Gasteiger partial charge in [0.05, 0.1) is 0 Å². The molecule has 0 aromatic carbocycles. The molecule has 1 rings (SSSR count). The predicted molar refractivity (Wildman–Crippen MR) is 46.2 cm³/mol. The fraction of sp³-hybridized carbons (Fsp3) is 0.250. The van der Waals surface area contributed by atoms with E-state index in [2.05, 4.69) is 24.9 Å². The minimum atomic E-state index is 0.00458. The highest BCUT2D eigenvalue weighted by atomic mass is 32.1. The number of hydrogen-bond acceptors (Lipinski definition) is 2. The number of nitrogens with two attached hydrogens (primary N) is 1. The molecule has 1 aromatic heterocycles. The van der Waals surface area contributed by atoms with Crippen LogP contribution in [0.25, 0.3) is 0 Å². The molecule has 10 heavy (non-hydrogen) atoms. The van der Waals surface area contributed by atoms with Gasteiger partial charge in [0.15, 0.2) is 0 Å². The zero-order chi connectivity index (χ0) is 7.56. The molecule has 2 N–H and O–H groups in total. The van der Waals surface area contributed by atoms with Gasteiger partial charge in [-0.1, -0.05) is 6.08 Å². The number of rotatable bonds is 2. The molecule has 0 saturated heterocycles. The van der Waals surface area contributed by atoms with Crippen molar-refractivity contribution in [2.24, 2.45) is 5.73 Å². The van der Waals surface area contributed by atoms with Crippen molar-refractivity contribution in [3.63, 3.8) is 0 Å². The van der Waals surface area contributed by atoms with Crippen LogP contribution < -0.4 is 5.73 Å². The van der Waals surface area contributed by atoms with Crippen LogP contribution in [0.1, 0.15) is 16.5 Å². The molecule has 54 valence electrons. The fourth-order valence-electron chi connectivity index (χ4n) is 0.775. The molecular weight excluding hydrogens is 142 g/mol. The Morgan fingerprint density at radius 2 is 2.50 bits per heavy atom. The van der Waals surface area contributed by atoms with E-state index in [1.807, 2.05) is 0 Å². The summed E-state index contributed by atoms with van der Waals surface area (Å²) < 4.78 is 0. The van der Waals surface area contributed by atoms with Crippen LogP contribution >= 0.6 is 11.3 Å². The Bertz CT molecular complexity index is 227. The van der Waals surface area contributed by atoms with Crippen molar-refractivity contribution in [1.82, 2.24) is 0 Å². The molecule has 0 saturated carbocycles. The Kier molecular flexibility index (Phi) is 2.25. The van der Waals surface area contributed by atoms with Gasteiger partial charge in [-0.05, 0) is 23.9 Å². The van der Waals surface area contributed by atoms with Crippen LogP contribution in [0.4, 0.5) is 0 Å². The maximum Gasteiger partial charge on any atom is 0.0486 e. The quantitative estimate of drug-likeness (QED) is 0.648. The van der Waals surface area contributed by atoms with Crippen molar-refractivity contribution in [3.8, 4) is 0 Å².